The van der Waals surface area contributed by atoms with E-state index in [0.29, 0.717) is 0 Å². The molecule has 2 aliphatic rings. The first-order valence-corrected chi connectivity index (χ1v) is 9.59. The summed E-state index contributed by atoms with van der Waals surface area (Å²) in [7, 11) is 0. The third-order valence-electron chi connectivity index (χ3n) is 5.86. The van der Waals surface area contributed by atoms with Crippen LogP contribution in [0.5, 0.6) is 0 Å². The number of rotatable bonds is 3. The maximum absolute atomic E-state index is 4.93. The molecule has 128 valence electrons. The molecule has 3 aromatic rings. The Labute approximate surface area is 149 Å². The van der Waals surface area contributed by atoms with Crippen molar-refractivity contribution in [3.8, 4) is 0 Å². The van der Waals surface area contributed by atoms with E-state index in [9.17, 15) is 0 Å². The van der Waals surface area contributed by atoms with Gasteiger partial charge in [0.2, 0.25) is 0 Å². The molecule has 0 aliphatic carbocycles. The Morgan fingerprint density at radius 1 is 0.960 bits per heavy atom. The lowest BCUT2D eigenvalue weighted by Crippen LogP contribution is -2.36. The highest BCUT2D eigenvalue weighted by Crippen LogP contribution is 2.40. The summed E-state index contributed by atoms with van der Waals surface area (Å²) in [5, 5.41) is 2.71. The van der Waals surface area contributed by atoms with E-state index in [1.165, 1.54) is 66.5 Å². The summed E-state index contributed by atoms with van der Waals surface area (Å²) in [6.07, 6.45) is 4.13. The topological polar surface area (TPSA) is 19.4 Å². The lowest BCUT2D eigenvalue weighted by molar-refractivity contribution is 0.233. The SMILES string of the molecule is Cc1ccc2nc3cccc4c3c(c2c1)CN4CCN1CCCCC1. The third kappa shape index (κ3) is 2.58. The van der Waals surface area contributed by atoms with Crippen LogP contribution in [0.2, 0.25) is 0 Å². The number of pyridine rings is 1. The van der Waals surface area contributed by atoms with Gasteiger partial charge in [0.25, 0.3) is 0 Å². The van der Waals surface area contributed by atoms with Gasteiger partial charge in [0.1, 0.15) is 0 Å². The summed E-state index contributed by atoms with van der Waals surface area (Å²) in [6, 6.07) is 13.2. The Morgan fingerprint density at radius 2 is 1.84 bits per heavy atom. The van der Waals surface area contributed by atoms with Crippen molar-refractivity contribution in [1.29, 1.82) is 0 Å². The van der Waals surface area contributed by atoms with E-state index in [1.807, 2.05) is 0 Å². The molecule has 0 amide bonds. The largest absolute Gasteiger partial charge is 0.365 e. The van der Waals surface area contributed by atoms with Crippen LogP contribution in [0.4, 0.5) is 5.69 Å². The molecule has 3 heteroatoms. The number of nitrogens with zero attached hydrogens (tertiary/aromatic N) is 3. The standard InChI is InChI=1S/C22H25N3/c1-16-8-9-19-17(14-16)18-15-25(13-12-24-10-3-2-4-11-24)21-7-5-6-20(23-19)22(18)21/h5-9,14H,2-4,10-13,15H2,1H3. The molecule has 0 spiro atoms. The summed E-state index contributed by atoms with van der Waals surface area (Å²) >= 11 is 0. The molecule has 0 unspecified atom stereocenters. The predicted octanol–water partition coefficient (Wildman–Crippen LogP) is 4.50. The zero-order valence-electron chi connectivity index (χ0n) is 15.0. The van der Waals surface area contributed by atoms with E-state index in [0.717, 1.165) is 24.1 Å². The van der Waals surface area contributed by atoms with E-state index < -0.39 is 0 Å². The summed E-state index contributed by atoms with van der Waals surface area (Å²) in [4.78, 5) is 10.1. The minimum absolute atomic E-state index is 1.02. The quantitative estimate of drug-likeness (QED) is 0.659. The summed E-state index contributed by atoms with van der Waals surface area (Å²) in [6.45, 7) is 8.02. The van der Waals surface area contributed by atoms with Gasteiger partial charge in [-0.15, -0.1) is 0 Å². The van der Waals surface area contributed by atoms with Gasteiger partial charge in [0, 0.05) is 36.1 Å². The molecule has 0 N–H and O–H groups in total. The molecule has 0 atom stereocenters. The third-order valence-corrected chi connectivity index (χ3v) is 5.86. The second kappa shape index (κ2) is 5.99. The fourth-order valence-corrected chi connectivity index (χ4v) is 4.53. The molecular weight excluding hydrogens is 306 g/mol. The van der Waals surface area contributed by atoms with Crippen molar-refractivity contribution >= 4 is 27.5 Å². The Hall–Kier alpha value is -2.13. The monoisotopic (exact) mass is 331 g/mol. The van der Waals surface area contributed by atoms with Crippen LogP contribution in [0, 0.1) is 6.92 Å². The van der Waals surface area contributed by atoms with E-state index in [-0.39, 0.29) is 0 Å². The van der Waals surface area contributed by atoms with Crippen molar-refractivity contribution in [2.45, 2.75) is 32.7 Å². The van der Waals surface area contributed by atoms with Crippen molar-refractivity contribution in [3.63, 3.8) is 0 Å². The van der Waals surface area contributed by atoms with Crippen molar-refractivity contribution in [1.82, 2.24) is 9.88 Å². The molecule has 1 fully saturated rings. The molecule has 1 aromatic heterocycles. The predicted molar refractivity (Wildman–Crippen MR) is 105 cm³/mol. The van der Waals surface area contributed by atoms with E-state index in [2.05, 4.69) is 53.1 Å². The maximum atomic E-state index is 4.93. The lowest BCUT2D eigenvalue weighted by atomic mass is 10.0. The molecule has 0 radical (unpaired) electrons. The van der Waals surface area contributed by atoms with Crippen LogP contribution in [-0.4, -0.2) is 36.1 Å². The molecule has 25 heavy (non-hydrogen) atoms. The average Bonchev–Trinajstić information content (AvgIpc) is 3.02. The minimum Gasteiger partial charge on any atom is -0.365 e. The highest BCUT2D eigenvalue weighted by molar-refractivity contribution is 6.06. The molecule has 1 saturated heterocycles. The molecule has 3 nitrogen and oxygen atoms in total. The normalized spacial score (nSPS) is 17.7. The molecule has 2 aliphatic heterocycles. The van der Waals surface area contributed by atoms with Gasteiger partial charge in [-0.05, 0) is 62.7 Å². The van der Waals surface area contributed by atoms with Crippen molar-refractivity contribution < 1.29 is 0 Å². The highest BCUT2D eigenvalue weighted by atomic mass is 15.2. The van der Waals surface area contributed by atoms with Crippen molar-refractivity contribution in [2.75, 3.05) is 31.1 Å². The van der Waals surface area contributed by atoms with Crippen LogP contribution in [0.15, 0.2) is 36.4 Å². The van der Waals surface area contributed by atoms with Gasteiger partial charge in [-0.2, -0.15) is 0 Å². The Morgan fingerprint density at radius 3 is 2.72 bits per heavy atom. The number of hydrogen-bond donors (Lipinski definition) is 0. The fraction of sp³-hybridized carbons (Fsp3) is 0.409. The Kier molecular flexibility index (Phi) is 3.63. The number of aromatic nitrogens is 1. The maximum Gasteiger partial charge on any atom is 0.0734 e. The summed E-state index contributed by atoms with van der Waals surface area (Å²) < 4.78 is 0. The summed E-state index contributed by atoms with van der Waals surface area (Å²) in [5.41, 5.74) is 6.43. The highest BCUT2D eigenvalue weighted by Gasteiger charge is 2.24. The van der Waals surface area contributed by atoms with Crippen LogP contribution >= 0.6 is 0 Å². The van der Waals surface area contributed by atoms with Crippen molar-refractivity contribution in [3.05, 3.63) is 47.5 Å². The molecular formula is C22H25N3. The average molecular weight is 331 g/mol. The zero-order valence-corrected chi connectivity index (χ0v) is 15.0. The van der Waals surface area contributed by atoms with Gasteiger partial charge < -0.3 is 9.80 Å². The van der Waals surface area contributed by atoms with E-state index in [4.69, 9.17) is 4.98 Å². The first-order valence-electron chi connectivity index (χ1n) is 9.59. The number of aryl methyl sites for hydroxylation is 1. The first kappa shape index (κ1) is 15.2. The minimum atomic E-state index is 1.02. The summed E-state index contributed by atoms with van der Waals surface area (Å²) in [5.74, 6) is 0. The Balaban J connectivity index is 1.52. The molecule has 2 aromatic carbocycles. The van der Waals surface area contributed by atoms with Gasteiger partial charge in [-0.1, -0.05) is 24.1 Å². The zero-order chi connectivity index (χ0) is 16.8. The number of fused-ring (bicyclic) bond motifs is 2. The lowest BCUT2D eigenvalue weighted by Gasteiger charge is -2.29. The van der Waals surface area contributed by atoms with E-state index >= 15 is 0 Å². The van der Waals surface area contributed by atoms with Gasteiger partial charge in [-0.3, -0.25) is 0 Å². The van der Waals surface area contributed by atoms with Gasteiger partial charge in [0.15, 0.2) is 0 Å². The van der Waals surface area contributed by atoms with E-state index in [1.54, 1.807) is 0 Å². The first-order chi connectivity index (χ1) is 12.3. The number of anilines is 1. The number of likely N-dealkylation sites (tertiary alicyclic amines) is 1. The van der Waals surface area contributed by atoms with Crippen molar-refractivity contribution in [2.24, 2.45) is 0 Å². The molecule has 0 saturated carbocycles. The number of hydrogen-bond acceptors (Lipinski definition) is 3. The van der Waals surface area contributed by atoms with Crippen LogP contribution in [0.1, 0.15) is 30.4 Å². The second-order valence-electron chi connectivity index (χ2n) is 7.61. The second-order valence-corrected chi connectivity index (χ2v) is 7.61. The number of benzene rings is 2. The van der Waals surface area contributed by atoms with Gasteiger partial charge in [0.05, 0.1) is 11.0 Å². The molecule has 5 rings (SSSR count). The van der Waals surface area contributed by atoms with Crippen LogP contribution in [0.25, 0.3) is 21.8 Å². The van der Waals surface area contributed by atoms with Crippen LogP contribution in [0.3, 0.4) is 0 Å². The fourth-order valence-electron chi connectivity index (χ4n) is 4.53. The smallest absolute Gasteiger partial charge is 0.0734 e. The van der Waals surface area contributed by atoms with Gasteiger partial charge >= 0.3 is 0 Å². The molecule has 3 heterocycles. The Bertz CT molecular complexity index is 941. The molecule has 0 bridgehead atoms. The number of piperidine rings is 1. The van der Waals surface area contributed by atoms with Crippen LogP contribution in [-0.2, 0) is 6.54 Å². The van der Waals surface area contributed by atoms with Gasteiger partial charge in [-0.25, -0.2) is 4.98 Å². The van der Waals surface area contributed by atoms with Crippen LogP contribution < -0.4 is 4.90 Å².